The number of aliphatic hydroxyl groups excluding tert-OH is 1. The van der Waals surface area contributed by atoms with Crippen molar-refractivity contribution in [1.29, 1.82) is 0 Å². The first-order valence-electron chi connectivity index (χ1n) is 5.71. The Morgan fingerprint density at radius 2 is 2.12 bits per heavy atom. The Morgan fingerprint density at radius 1 is 1.41 bits per heavy atom. The smallest absolute Gasteiger partial charge is 0.114 e. The monoisotopic (exact) mass is 229 g/mol. The molecule has 0 saturated carbocycles. The Morgan fingerprint density at radius 3 is 2.88 bits per heavy atom. The molecule has 1 aromatic carbocycles. The fraction of sp³-hybridized carbons (Fsp3) is 0.286. The topological polar surface area (TPSA) is 56.2 Å². The fourth-order valence-electron chi connectivity index (χ4n) is 2.52. The molecule has 1 aliphatic carbocycles. The molecule has 0 saturated heterocycles. The highest BCUT2D eigenvalue weighted by Crippen LogP contribution is 2.40. The molecular formula is C14H15NO2. The summed E-state index contributed by atoms with van der Waals surface area (Å²) in [7, 11) is 0. The zero-order valence-electron chi connectivity index (χ0n) is 9.70. The highest BCUT2D eigenvalue weighted by molar-refractivity contribution is 5.91. The maximum atomic E-state index is 10.2. The van der Waals surface area contributed by atoms with E-state index in [1.54, 1.807) is 6.92 Å². The summed E-state index contributed by atoms with van der Waals surface area (Å²) in [6.45, 7) is 5.52. The standard InChI is InChI=1S/C14H15NO2/c1-8-13-10(7-12(16)14(8,2)17)9-5-3-4-6-11(9)15-13/h3-6,12,15-17H,1,7H2,2H3/t12-,14+/m1/s1. The highest BCUT2D eigenvalue weighted by atomic mass is 16.3. The first-order valence-corrected chi connectivity index (χ1v) is 5.71. The molecule has 0 unspecified atom stereocenters. The molecule has 0 aliphatic heterocycles. The molecule has 0 bridgehead atoms. The number of H-pyrrole nitrogens is 1. The minimum atomic E-state index is -1.26. The second-order valence-corrected chi connectivity index (χ2v) is 4.87. The summed E-state index contributed by atoms with van der Waals surface area (Å²) >= 11 is 0. The van der Waals surface area contributed by atoms with Crippen LogP contribution in [0, 0.1) is 0 Å². The van der Waals surface area contributed by atoms with Gasteiger partial charge in [0.25, 0.3) is 0 Å². The lowest BCUT2D eigenvalue weighted by atomic mass is 9.78. The lowest BCUT2D eigenvalue weighted by Crippen LogP contribution is -2.44. The van der Waals surface area contributed by atoms with E-state index in [4.69, 9.17) is 0 Å². The Balaban J connectivity index is 2.30. The fourth-order valence-corrected chi connectivity index (χ4v) is 2.52. The lowest BCUT2D eigenvalue weighted by molar-refractivity contribution is -0.0211. The predicted molar refractivity (Wildman–Crippen MR) is 67.7 cm³/mol. The third kappa shape index (κ3) is 1.30. The number of rotatable bonds is 0. The van der Waals surface area contributed by atoms with Gasteiger partial charge in [0.1, 0.15) is 5.60 Å². The zero-order chi connectivity index (χ0) is 12.2. The second-order valence-electron chi connectivity index (χ2n) is 4.87. The van der Waals surface area contributed by atoms with Crippen molar-refractivity contribution in [2.75, 3.05) is 0 Å². The maximum Gasteiger partial charge on any atom is 0.114 e. The van der Waals surface area contributed by atoms with Crippen LogP contribution in [0.5, 0.6) is 0 Å². The predicted octanol–water partition coefficient (Wildman–Crippen LogP) is 1.85. The van der Waals surface area contributed by atoms with E-state index >= 15 is 0 Å². The van der Waals surface area contributed by atoms with Gasteiger partial charge >= 0.3 is 0 Å². The number of benzene rings is 1. The second kappa shape index (κ2) is 3.22. The van der Waals surface area contributed by atoms with Crippen molar-refractivity contribution >= 4 is 16.5 Å². The summed E-state index contributed by atoms with van der Waals surface area (Å²) in [4.78, 5) is 3.27. The number of aromatic nitrogens is 1. The molecule has 1 heterocycles. The number of hydrogen-bond acceptors (Lipinski definition) is 2. The summed E-state index contributed by atoms with van der Waals surface area (Å²) in [5.74, 6) is 0. The highest BCUT2D eigenvalue weighted by Gasteiger charge is 2.40. The third-order valence-electron chi connectivity index (χ3n) is 3.77. The first-order chi connectivity index (χ1) is 8.01. The number of aliphatic hydroxyl groups is 2. The average Bonchev–Trinajstić information content (AvgIpc) is 2.66. The van der Waals surface area contributed by atoms with Gasteiger partial charge in [-0.1, -0.05) is 24.8 Å². The molecule has 3 N–H and O–H groups in total. The van der Waals surface area contributed by atoms with Crippen LogP contribution in [0.15, 0.2) is 30.8 Å². The molecule has 0 amide bonds. The number of hydrogen-bond donors (Lipinski definition) is 3. The molecular weight excluding hydrogens is 214 g/mol. The van der Waals surface area contributed by atoms with Crippen LogP contribution in [-0.4, -0.2) is 26.9 Å². The van der Waals surface area contributed by atoms with Gasteiger partial charge in [0.15, 0.2) is 0 Å². The minimum Gasteiger partial charge on any atom is -0.389 e. The molecule has 1 aliphatic rings. The van der Waals surface area contributed by atoms with E-state index in [2.05, 4.69) is 11.6 Å². The largest absolute Gasteiger partial charge is 0.389 e. The van der Waals surface area contributed by atoms with Crippen molar-refractivity contribution in [3.8, 4) is 0 Å². The van der Waals surface area contributed by atoms with Crippen molar-refractivity contribution < 1.29 is 10.2 Å². The van der Waals surface area contributed by atoms with Gasteiger partial charge in [-0.15, -0.1) is 0 Å². The zero-order valence-corrected chi connectivity index (χ0v) is 9.70. The number of aromatic amines is 1. The van der Waals surface area contributed by atoms with Gasteiger partial charge in [-0.2, -0.15) is 0 Å². The van der Waals surface area contributed by atoms with E-state index in [0.717, 1.165) is 22.2 Å². The van der Waals surface area contributed by atoms with Gasteiger partial charge in [-0.25, -0.2) is 0 Å². The van der Waals surface area contributed by atoms with E-state index in [1.165, 1.54) is 0 Å². The maximum absolute atomic E-state index is 10.2. The number of fused-ring (bicyclic) bond motifs is 3. The van der Waals surface area contributed by atoms with Crippen LogP contribution in [0.2, 0.25) is 0 Å². The van der Waals surface area contributed by atoms with E-state index in [-0.39, 0.29) is 0 Å². The van der Waals surface area contributed by atoms with E-state index in [1.807, 2.05) is 24.3 Å². The summed E-state index contributed by atoms with van der Waals surface area (Å²) < 4.78 is 0. The third-order valence-corrected chi connectivity index (χ3v) is 3.77. The molecule has 3 nitrogen and oxygen atoms in total. The summed E-state index contributed by atoms with van der Waals surface area (Å²) in [5, 5.41) is 21.3. The Bertz CT molecular complexity index is 610. The molecule has 3 heteroatoms. The molecule has 0 radical (unpaired) electrons. The molecule has 2 atom stereocenters. The van der Waals surface area contributed by atoms with Gasteiger partial charge in [-0.3, -0.25) is 0 Å². The van der Waals surface area contributed by atoms with E-state index in [0.29, 0.717) is 12.0 Å². The van der Waals surface area contributed by atoms with Crippen molar-refractivity contribution in [2.45, 2.75) is 25.0 Å². The van der Waals surface area contributed by atoms with E-state index < -0.39 is 11.7 Å². The van der Waals surface area contributed by atoms with Crippen LogP contribution in [0.3, 0.4) is 0 Å². The Hall–Kier alpha value is -1.58. The normalized spacial score (nSPS) is 28.4. The molecule has 3 rings (SSSR count). The molecule has 88 valence electrons. The first kappa shape index (κ1) is 10.6. The number of nitrogens with one attached hydrogen (secondary N) is 1. The van der Waals surface area contributed by atoms with Gasteiger partial charge in [0, 0.05) is 28.6 Å². The van der Waals surface area contributed by atoms with Gasteiger partial charge in [0.05, 0.1) is 6.10 Å². The van der Waals surface area contributed by atoms with Crippen LogP contribution in [0.25, 0.3) is 16.5 Å². The van der Waals surface area contributed by atoms with Crippen LogP contribution in [0.4, 0.5) is 0 Å². The molecule has 17 heavy (non-hydrogen) atoms. The van der Waals surface area contributed by atoms with Crippen molar-refractivity contribution in [3.63, 3.8) is 0 Å². The molecule has 1 aromatic heterocycles. The minimum absolute atomic E-state index is 0.450. The van der Waals surface area contributed by atoms with Crippen LogP contribution in [-0.2, 0) is 6.42 Å². The average molecular weight is 229 g/mol. The molecule has 2 aromatic rings. The van der Waals surface area contributed by atoms with Crippen molar-refractivity contribution in [1.82, 2.24) is 4.98 Å². The Kier molecular flexibility index (Phi) is 2.00. The molecule has 0 fully saturated rings. The van der Waals surface area contributed by atoms with Gasteiger partial charge < -0.3 is 15.2 Å². The van der Waals surface area contributed by atoms with E-state index in [9.17, 15) is 10.2 Å². The van der Waals surface area contributed by atoms with Crippen molar-refractivity contribution in [2.24, 2.45) is 0 Å². The molecule has 0 spiro atoms. The lowest BCUT2D eigenvalue weighted by Gasteiger charge is -2.35. The quantitative estimate of drug-likeness (QED) is 0.645. The van der Waals surface area contributed by atoms with Crippen LogP contribution in [0.1, 0.15) is 18.2 Å². The number of para-hydroxylation sites is 1. The van der Waals surface area contributed by atoms with Gasteiger partial charge in [-0.05, 0) is 18.6 Å². The summed E-state index contributed by atoms with van der Waals surface area (Å²) in [6, 6.07) is 7.94. The summed E-state index contributed by atoms with van der Waals surface area (Å²) in [6.07, 6.45) is -0.354. The van der Waals surface area contributed by atoms with Crippen LogP contribution < -0.4 is 0 Å². The summed E-state index contributed by atoms with van der Waals surface area (Å²) in [5.41, 5.74) is 2.23. The van der Waals surface area contributed by atoms with Crippen LogP contribution >= 0.6 is 0 Å². The Labute approximate surface area is 99.4 Å². The SMILES string of the molecule is C=C1c2[nH]c3ccccc3c2C[C@@H](O)[C@@]1(C)O. The van der Waals surface area contributed by atoms with Gasteiger partial charge in [0.2, 0.25) is 0 Å². The van der Waals surface area contributed by atoms with Crippen molar-refractivity contribution in [3.05, 3.63) is 42.1 Å².